The van der Waals surface area contributed by atoms with Gasteiger partial charge in [0.05, 0.1) is 18.7 Å². The Balaban J connectivity index is 3.28. The lowest BCUT2D eigenvalue weighted by Crippen LogP contribution is -2.28. The van der Waals surface area contributed by atoms with E-state index < -0.39 is 0 Å². The lowest BCUT2D eigenvalue weighted by Gasteiger charge is -2.06. The summed E-state index contributed by atoms with van der Waals surface area (Å²) in [5.41, 5.74) is 0. The fourth-order valence-electron chi connectivity index (χ4n) is 0.794. The number of aromatic nitrogens is 1. The van der Waals surface area contributed by atoms with Gasteiger partial charge in [0, 0.05) is 6.07 Å². The van der Waals surface area contributed by atoms with Gasteiger partial charge in [-0.2, -0.15) is 0 Å². The second-order valence-corrected chi connectivity index (χ2v) is 2.81. The molecule has 0 amide bonds. The highest BCUT2D eigenvalue weighted by molar-refractivity contribution is 9.10. The van der Waals surface area contributed by atoms with Gasteiger partial charge < -0.3 is 14.7 Å². The monoisotopic (exact) mass is 232 g/mol. The van der Waals surface area contributed by atoms with Crippen molar-refractivity contribution in [2.24, 2.45) is 0 Å². The third-order valence-electron chi connectivity index (χ3n) is 1.30. The molecule has 0 aromatic carbocycles. The van der Waals surface area contributed by atoms with Crippen molar-refractivity contribution in [2.45, 2.75) is 0 Å². The predicted molar refractivity (Wildman–Crippen MR) is 45.0 cm³/mol. The van der Waals surface area contributed by atoms with Crippen LogP contribution in [0.3, 0.4) is 0 Å². The third kappa shape index (κ3) is 1.45. The van der Waals surface area contributed by atoms with Crippen molar-refractivity contribution in [1.82, 2.24) is 0 Å². The van der Waals surface area contributed by atoms with Gasteiger partial charge in [-0.3, -0.25) is 0 Å². The van der Waals surface area contributed by atoms with E-state index in [0.717, 1.165) is 0 Å². The average molecular weight is 233 g/mol. The van der Waals surface area contributed by atoms with Crippen molar-refractivity contribution in [3.8, 4) is 11.6 Å². The first-order chi connectivity index (χ1) is 5.70. The number of halogens is 1. The van der Waals surface area contributed by atoms with E-state index in [9.17, 15) is 5.21 Å². The summed E-state index contributed by atoms with van der Waals surface area (Å²) < 4.78 is 10.9. The minimum absolute atomic E-state index is 0.0897. The van der Waals surface area contributed by atoms with Crippen LogP contribution in [-0.2, 0) is 0 Å². The molecule has 1 aromatic heterocycles. The maximum atomic E-state index is 11.0. The zero-order chi connectivity index (χ0) is 9.14. The van der Waals surface area contributed by atoms with Gasteiger partial charge in [-0.05, 0) is 15.9 Å². The molecule has 0 aliphatic heterocycles. The summed E-state index contributed by atoms with van der Waals surface area (Å²) in [5, 5.41) is 11.0. The first-order valence-electron chi connectivity index (χ1n) is 3.12. The second-order valence-electron chi connectivity index (χ2n) is 1.96. The first-order valence-corrected chi connectivity index (χ1v) is 3.91. The topological polar surface area (TPSA) is 45.4 Å². The molecule has 0 bridgehead atoms. The van der Waals surface area contributed by atoms with Gasteiger partial charge in [0.2, 0.25) is 5.75 Å². The second kappa shape index (κ2) is 3.62. The van der Waals surface area contributed by atoms with E-state index in [0.29, 0.717) is 15.0 Å². The molecule has 0 spiro atoms. The molecular weight excluding hydrogens is 226 g/mol. The Kier molecular flexibility index (Phi) is 2.75. The van der Waals surface area contributed by atoms with E-state index in [4.69, 9.17) is 9.47 Å². The van der Waals surface area contributed by atoms with E-state index in [1.807, 2.05) is 0 Å². The molecule has 4 nitrogen and oxygen atoms in total. The Morgan fingerprint density at radius 1 is 1.50 bits per heavy atom. The van der Waals surface area contributed by atoms with Crippen molar-refractivity contribution in [3.05, 3.63) is 21.9 Å². The molecule has 0 aliphatic carbocycles. The van der Waals surface area contributed by atoms with Gasteiger partial charge in [0.1, 0.15) is 0 Å². The van der Waals surface area contributed by atoms with Crippen molar-refractivity contribution in [1.29, 1.82) is 0 Å². The molecular formula is C7H7BrNO3. The van der Waals surface area contributed by atoms with Crippen molar-refractivity contribution < 1.29 is 14.2 Å². The first kappa shape index (κ1) is 9.12. The van der Waals surface area contributed by atoms with Gasteiger partial charge in [-0.1, -0.05) is 0 Å². The highest BCUT2D eigenvalue weighted by Gasteiger charge is 2.17. The summed E-state index contributed by atoms with van der Waals surface area (Å²) in [7, 11) is 2.86. The maximum Gasteiger partial charge on any atom is 0.424 e. The van der Waals surface area contributed by atoms with E-state index in [2.05, 4.69) is 22.1 Å². The van der Waals surface area contributed by atoms with Crippen LogP contribution >= 0.6 is 15.9 Å². The Morgan fingerprint density at radius 3 is 2.58 bits per heavy atom. The number of nitrogens with zero attached hydrogens (tertiary/aromatic N) is 1. The Labute approximate surface area is 78.4 Å². The lowest BCUT2D eigenvalue weighted by molar-refractivity contribution is -0.617. The summed E-state index contributed by atoms with van der Waals surface area (Å²) in [6.45, 7) is 0. The van der Waals surface area contributed by atoms with E-state index >= 15 is 0 Å². The van der Waals surface area contributed by atoms with Gasteiger partial charge in [0.25, 0.3) is 6.20 Å². The molecule has 1 heterocycles. The Hall–Kier alpha value is -0.970. The van der Waals surface area contributed by atoms with Crippen LogP contribution in [0.15, 0.2) is 10.5 Å². The SMILES string of the molecule is COc1c(Br)c[c][n+]([O-])c1OC. The van der Waals surface area contributed by atoms with Gasteiger partial charge in [-0.15, -0.1) is 4.73 Å². The predicted octanol–water partition coefficient (Wildman–Crippen LogP) is 0.900. The number of rotatable bonds is 2. The fourth-order valence-corrected chi connectivity index (χ4v) is 1.23. The summed E-state index contributed by atoms with van der Waals surface area (Å²) in [6, 6.07) is 1.47. The van der Waals surface area contributed by atoms with Gasteiger partial charge in [0.15, 0.2) is 0 Å². The molecule has 5 heteroatoms. The average Bonchev–Trinajstić information content (AvgIpc) is 2.08. The highest BCUT2D eigenvalue weighted by atomic mass is 79.9. The van der Waals surface area contributed by atoms with Crippen LogP contribution in [0.4, 0.5) is 0 Å². The minimum Gasteiger partial charge on any atom is -0.615 e. The number of hydrogen-bond acceptors (Lipinski definition) is 3. The van der Waals surface area contributed by atoms with Crippen molar-refractivity contribution >= 4 is 15.9 Å². The van der Waals surface area contributed by atoms with Crippen LogP contribution in [0.5, 0.6) is 11.6 Å². The summed E-state index contributed by atoms with van der Waals surface area (Å²) in [6.07, 6.45) is 2.40. The van der Waals surface area contributed by atoms with Crippen molar-refractivity contribution in [3.63, 3.8) is 0 Å². The van der Waals surface area contributed by atoms with Gasteiger partial charge in [-0.25, -0.2) is 0 Å². The Morgan fingerprint density at radius 2 is 2.17 bits per heavy atom. The summed E-state index contributed by atoms with van der Waals surface area (Å²) in [5.74, 6) is 0.457. The zero-order valence-corrected chi connectivity index (χ0v) is 8.21. The van der Waals surface area contributed by atoms with Crippen LogP contribution < -0.4 is 14.2 Å². The van der Waals surface area contributed by atoms with Crippen molar-refractivity contribution in [2.75, 3.05) is 14.2 Å². The van der Waals surface area contributed by atoms with Crippen LogP contribution in [0, 0.1) is 11.4 Å². The smallest absolute Gasteiger partial charge is 0.424 e. The quantitative estimate of drug-likeness (QED) is 0.563. The van der Waals surface area contributed by atoms with E-state index in [-0.39, 0.29) is 5.88 Å². The number of methoxy groups -OCH3 is 2. The molecule has 0 N–H and O–H groups in total. The molecule has 0 fully saturated rings. The van der Waals surface area contributed by atoms with Crippen LogP contribution in [-0.4, -0.2) is 14.2 Å². The molecule has 12 heavy (non-hydrogen) atoms. The molecule has 0 atom stereocenters. The standard InChI is InChI=1S/C7H7BrNO3/c1-11-6-5(8)3-4-9(10)7(6)12-2/h3H,1-2H3. The maximum absolute atomic E-state index is 11.0. The molecule has 1 aromatic rings. The molecule has 0 aliphatic rings. The highest BCUT2D eigenvalue weighted by Crippen LogP contribution is 2.30. The molecule has 0 saturated heterocycles. The number of ether oxygens (including phenoxy) is 2. The van der Waals surface area contributed by atoms with E-state index in [1.165, 1.54) is 20.3 Å². The molecule has 65 valence electrons. The van der Waals surface area contributed by atoms with Crippen LogP contribution in [0.2, 0.25) is 0 Å². The van der Waals surface area contributed by atoms with Crippen LogP contribution in [0.25, 0.3) is 0 Å². The molecule has 0 unspecified atom stereocenters. The van der Waals surface area contributed by atoms with Crippen LogP contribution in [0.1, 0.15) is 0 Å². The van der Waals surface area contributed by atoms with Gasteiger partial charge >= 0.3 is 5.88 Å². The van der Waals surface area contributed by atoms with E-state index in [1.54, 1.807) is 0 Å². The summed E-state index contributed by atoms with van der Waals surface area (Å²) in [4.78, 5) is 0. The third-order valence-corrected chi connectivity index (χ3v) is 1.89. The Bertz CT molecular complexity index is 261. The molecule has 0 saturated carbocycles. The number of pyridine rings is 1. The minimum atomic E-state index is 0.0897. The zero-order valence-electron chi connectivity index (χ0n) is 6.63. The largest absolute Gasteiger partial charge is 0.615 e. The normalized spacial score (nSPS) is 9.58. The summed E-state index contributed by atoms with van der Waals surface area (Å²) >= 11 is 3.19. The number of hydrogen-bond donors (Lipinski definition) is 0. The molecule has 1 radical (unpaired) electrons. The molecule has 1 rings (SSSR count). The lowest BCUT2D eigenvalue weighted by atomic mass is 10.4. The fraction of sp³-hybridized carbons (Fsp3) is 0.286.